The number of anilines is 2. The molecule has 0 saturated carbocycles. The lowest BCUT2D eigenvalue weighted by Crippen LogP contribution is -2.33. The molecule has 2 N–H and O–H groups in total. The first-order valence-electron chi connectivity index (χ1n) is 6.43. The van der Waals surface area contributed by atoms with Crippen LogP contribution >= 0.6 is 0 Å². The monoisotopic (exact) mass is 326 g/mol. The van der Waals surface area contributed by atoms with E-state index < -0.39 is 11.8 Å². The summed E-state index contributed by atoms with van der Waals surface area (Å²) in [5.74, 6) is -1.53. The van der Waals surface area contributed by atoms with Gasteiger partial charge in [0.25, 0.3) is 11.8 Å². The minimum atomic E-state index is -0.711. The predicted molar refractivity (Wildman–Crippen MR) is 85.0 cm³/mol. The van der Waals surface area contributed by atoms with Crippen LogP contribution in [0.1, 0.15) is 5.82 Å². The minimum absolute atomic E-state index is 0.0739. The normalized spacial score (nSPS) is 9.38. The Balaban J connectivity index is 3.32. The molecule has 0 spiro atoms. The molecule has 1 rings (SSSR count). The van der Waals surface area contributed by atoms with Gasteiger partial charge in [-0.25, -0.2) is 4.85 Å². The molecule has 0 aliphatic rings. The predicted octanol–water partition coefficient (Wildman–Crippen LogP) is -0.231. The molecule has 0 aliphatic carbocycles. The molecule has 2 amide bonds. The van der Waals surface area contributed by atoms with Crippen molar-refractivity contribution in [2.75, 3.05) is 23.9 Å². The second kappa shape index (κ2) is 7.58. The number of hydrogen-bond acceptors (Lipinski definition) is 7. The topological polar surface area (TPSA) is 133 Å². The van der Waals surface area contributed by atoms with Crippen molar-refractivity contribution in [1.82, 2.24) is 15.0 Å². The maximum Gasteiger partial charge on any atom is 0.270 e. The average Bonchev–Trinajstić information content (AvgIpc) is 2.63. The average molecular weight is 326 g/mol. The van der Waals surface area contributed by atoms with Gasteiger partial charge in [-0.05, 0) is 0 Å². The van der Waals surface area contributed by atoms with Crippen LogP contribution in [0.15, 0.2) is 24.4 Å². The Kier molecular flexibility index (Phi) is 5.82. The highest BCUT2D eigenvalue weighted by Crippen LogP contribution is 2.15. The van der Waals surface area contributed by atoms with Crippen molar-refractivity contribution in [1.29, 1.82) is 5.26 Å². The number of nitrogens with zero attached hydrogens (tertiary/aromatic N) is 7. The highest BCUT2D eigenvalue weighted by atomic mass is 16.2. The first kappa shape index (κ1) is 18.4. The van der Waals surface area contributed by atoms with E-state index in [2.05, 4.69) is 33.0 Å². The summed E-state index contributed by atoms with van der Waals surface area (Å²) in [6.45, 7) is 13.4. The lowest BCUT2D eigenvalue weighted by molar-refractivity contribution is -0.115. The quantitative estimate of drug-likeness (QED) is 0.448. The third-order valence-electron chi connectivity index (χ3n) is 2.82. The van der Waals surface area contributed by atoms with Crippen LogP contribution in [0, 0.1) is 17.9 Å². The van der Waals surface area contributed by atoms with E-state index in [1.54, 1.807) is 6.07 Å². The number of hydrogen-bond donors (Lipinski definition) is 1. The molecular weight excluding hydrogens is 312 g/mol. The van der Waals surface area contributed by atoms with Gasteiger partial charge < -0.3 is 5.73 Å². The molecule has 1 aromatic heterocycles. The summed E-state index contributed by atoms with van der Waals surface area (Å²) in [6, 6.07) is 1.63. The third kappa shape index (κ3) is 3.76. The summed E-state index contributed by atoms with van der Waals surface area (Å²) >= 11 is 0. The van der Waals surface area contributed by atoms with Gasteiger partial charge >= 0.3 is 0 Å². The van der Waals surface area contributed by atoms with Crippen molar-refractivity contribution < 1.29 is 9.59 Å². The van der Waals surface area contributed by atoms with Gasteiger partial charge in [-0.3, -0.25) is 19.4 Å². The Labute approximate surface area is 138 Å². The Bertz CT molecular complexity index is 740. The first-order valence-corrected chi connectivity index (χ1v) is 6.43. The number of nitrogens with two attached hydrogens (primary N) is 1. The molecule has 0 fully saturated rings. The SMILES string of the molecule is [C-]#[N+]C(=C)C(=O)N(C)c1nc(CN)nc(N(C)C(=O)C(=C)C#N)n1. The molecule has 0 aliphatic heterocycles. The molecule has 1 aromatic rings. The van der Waals surface area contributed by atoms with E-state index in [1.165, 1.54) is 14.1 Å². The number of rotatable bonds is 5. The Morgan fingerprint density at radius 2 is 1.71 bits per heavy atom. The largest absolute Gasteiger partial charge is 0.324 e. The van der Waals surface area contributed by atoms with E-state index in [-0.39, 0.29) is 35.5 Å². The summed E-state index contributed by atoms with van der Waals surface area (Å²) in [5.41, 5.74) is 4.89. The molecule has 0 aromatic carbocycles. The lowest BCUT2D eigenvalue weighted by atomic mass is 10.3. The maximum atomic E-state index is 12.0. The number of amides is 2. The van der Waals surface area contributed by atoms with Crippen LogP contribution in [0.2, 0.25) is 0 Å². The summed E-state index contributed by atoms with van der Waals surface area (Å²) in [7, 11) is 2.68. The van der Waals surface area contributed by atoms with Crippen molar-refractivity contribution in [3.8, 4) is 6.07 Å². The van der Waals surface area contributed by atoms with Gasteiger partial charge in [-0.1, -0.05) is 13.2 Å². The molecule has 0 saturated heterocycles. The number of nitriles is 1. The maximum absolute atomic E-state index is 12.0. The zero-order chi connectivity index (χ0) is 18.4. The molecule has 1 heterocycles. The van der Waals surface area contributed by atoms with E-state index in [4.69, 9.17) is 17.6 Å². The molecule has 0 atom stereocenters. The van der Waals surface area contributed by atoms with Gasteiger partial charge in [-0.2, -0.15) is 20.2 Å². The number of carbonyl (C=O) groups excluding carboxylic acids is 2. The van der Waals surface area contributed by atoms with Crippen molar-refractivity contribution in [3.05, 3.63) is 41.7 Å². The second-order valence-corrected chi connectivity index (χ2v) is 4.43. The zero-order valence-electron chi connectivity index (χ0n) is 13.1. The molecule has 0 radical (unpaired) electrons. The van der Waals surface area contributed by atoms with E-state index >= 15 is 0 Å². The molecule has 0 unspecified atom stereocenters. The fourth-order valence-electron chi connectivity index (χ4n) is 1.46. The standard InChI is InChI=1S/C14H14N8O2/c1-8(6-15)11(23)21(4)13-18-10(7-16)19-14(20-13)22(5)12(24)9(2)17-3/h1-2,7,16H2,4-5H3. The molecular formula is C14H14N8O2. The molecule has 10 heteroatoms. The Hall–Kier alpha value is -3.63. The zero-order valence-corrected chi connectivity index (χ0v) is 13.1. The molecule has 10 nitrogen and oxygen atoms in total. The first-order chi connectivity index (χ1) is 11.3. The summed E-state index contributed by atoms with van der Waals surface area (Å²) in [6.07, 6.45) is 0. The van der Waals surface area contributed by atoms with Crippen LogP contribution in [0.25, 0.3) is 4.85 Å². The van der Waals surface area contributed by atoms with Gasteiger partial charge in [0.1, 0.15) is 17.5 Å². The highest BCUT2D eigenvalue weighted by molar-refractivity contribution is 6.07. The van der Waals surface area contributed by atoms with Gasteiger partial charge in [0, 0.05) is 14.1 Å². The molecule has 122 valence electrons. The second-order valence-electron chi connectivity index (χ2n) is 4.43. The van der Waals surface area contributed by atoms with E-state index in [0.29, 0.717) is 0 Å². The van der Waals surface area contributed by atoms with Crippen molar-refractivity contribution in [3.63, 3.8) is 0 Å². The van der Waals surface area contributed by atoms with Gasteiger partial charge in [0.05, 0.1) is 13.1 Å². The van der Waals surface area contributed by atoms with E-state index in [1.807, 2.05) is 0 Å². The van der Waals surface area contributed by atoms with Crippen LogP contribution in [0.4, 0.5) is 11.9 Å². The van der Waals surface area contributed by atoms with Crippen molar-refractivity contribution >= 4 is 23.7 Å². The fraction of sp³-hybridized carbons (Fsp3) is 0.214. The van der Waals surface area contributed by atoms with E-state index in [9.17, 15) is 9.59 Å². The molecule has 0 bridgehead atoms. The van der Waals surface area contributed by atoms with Crippen LogP contribution in [0.3, 0.4) is 0 Å². The van der Waals surface area contributed by atoms with Gasteiger partial charge in [0.2, 0.25) is 17.6 Å². The van der Waals surface area contributed by atoms with Gasteiger partial charge in [0.15, 0.2) is 0 Å². The molecule has 24 heavy (non-hydrogen) atoms. The van der Waals surface area contributed by atoms with E-state index in [0.717, 1.165) is 9.80 Å². The van der Waals surface area contributed by atoms with Crippen LogP contribution < -0.4 is 15.5 Å². The van der Waals surface area contributed by atoms with Crippen LogP contribution in [0.5, 0.6) is 0 Å². The third-order valence-corrected chi connectivity index (χ3v) is 2.82. The number of aromatic nitrogens is 3. The fourth-order valence-corrected chi connectivity index (χ4v) is 1.46. The minimum Gasteiger partial charge on any atom is -0.324 e. The summed E-state index contributed by atoms with van der Waals surface area (Å²) in [4.78, 5) is 40.9. The number of carbonyl (C=O) groups is 2. The Morgan fingerprint density at radius 3 is 2.12 bits per heavy atom. The van der Waals surface area contributed by atoms with Crippen molar-refractivity contribution in [2.24, 2.45) is 5.73 Å². The van der Waals surface area contributed by atoms with Gasteiger partial charge in [-0.15, -0.1) is 0 Å². The summed E-state index contributed by atoms with van der Waals surface area (Å²) in [5, 5.41) is 8.74. The van der Waals surface area contributed by atoms with Crippen LogP contribution in [-0.2, 0) is 16.1 Å². The highest BCUT2D eigenvalue weighted by Gasteiger charge is 2.22. The smallest absolute Gasteiger partial charge is 0.270 e. The van der Waals surface area contributed by atoms with Crippen molar-refractivity contribution in [2.45, 2.75) is 6.54 Å². The lowest BCUT2D eigenvalue weighted by Gasteiger charge is -2.19. The van der Waals surface area contributed by atoms with Crippen LogP contribution in [-0.4, -0.2) is 40.9 Å². The summed E-state index contributed by atoms with van der Waals surface area (Å²) < 4.78 is 0. The number of likely N-dealkylation sites (N-methyl/N-ethyl adjacent to an activating group) is 2. The Morgan fingerprint density at radius 1 is 1.21 bits per heavy atom.